The Balaban J connectivity index is 1.35. The first-order valence-corrected chi connectivity index (χ1v) is 11.5. The molecule has 0 saturated heterocycles. The van der Waals surface area contributed by atoms with Gasteiger partial charge in [-0.1, -0.05) is 0 Å². The molecule has 12 nitrogen and oxygen atoms in total. The lowest BCUT2D eigenvalue weighted by molar-refractivity contribution is 0.0555. The lowest BCUT2D eigenvalue weighted by Gasteiger charge is -2.18. The fourth-order valence-corrected chi connectivity index (χ4v) is 4.33. The highest BCUT2D eigenvalue weighted by atomic mass is 19.1. The van der Waals surface area contributed by atoms with Crippen LogP contribution in [0.1, 0.15) is 49.7 Å². The van der Waals surface area contributed by atoms with Crippen molar-refractivity contribution in [2.24, 2.45) is 0 Å². The highest BCUT2D eigenvalue weighted by molar-refractivity contribution is 5.68. The third-order valence-corrected chi connectivity index (χ3v) is 5.98. The fraction of sp³-hybridized carbons (Fsp3) is 0.391. The minimum Gasteiger partial charge on any atom is -0.443 e. The molecule has 1 aliphatic rings. The highest BCUT2D eigenvalue weighted by Gasteiger charge is 2.41. The predicted molar refractivity (Wildman–Crippen MR) is 127 cm³/mol. The van der Waals surface area contributed by atoms with Crippen molar-refractivity contribution in [1.29, 1.82) is 5.26 Å². The quantitative estimate of drug-likeness (QED) is 0.371. The van der Waals surface area contributed by atoms with Gasteiger partial charge >= 0.3 is 6.09 Å². The molecule has 4 aromatic heterocycles. The summed E-state index contributed by atoms with van der Waals surface area (Å²) in [7, 11) is 0. The maximum Gasteiger partial charge on any atom is 0.407 e. The molecule has 0 unspecified atom stereocenters. The molecule has 3 N–H and O–H groups in total. The number of halogens is 1. The van der Waals surface area contributed by atoms with Crippen LogP contribution in [0.5, 0.6) is 0 Å². The monoisotopic (exact) mass is 492 g/mol. The van der Waals surface area contributed by atoms with Gasteiger partial charge < -0.3 is 19.9 Å². The number of anilines is 2. The Hall–Kier alpha value is -4.47. The van der Waals surface area contributed by atoms with Gasteiger partial charge in [0.2, 0.25) is 5.95 Å². The molecule has 1 aliphatic carbocycles. The topological polar surface area (TPSA) is 151 Å². The van der Waals surface area contributed by atoms with Crippen LogP contribution in [0.2, 0.25) is 0 Å². The number of hydrogen-bond donors (Lipinski definition) is 3. The maximum absolute atomic E-state index is 15.1. The van der Waals surface area contributed by atoms with Gasteiger partial charge in [0.1, 0.15) is 24.0 Å². The van der Waals surface area contributed by atoms with Crippen LogP contribution in [0.3, 0.4) is 0 Å². The second-order valence-electron chi connectivity index (χ2n) is 9.03. The number of aryl methyl sites for hydroxylation is 1. The van der Waals surface area contributed by atoms with Crippen molar-refractivity contribution >= 4 is 23.5 Å². The number of carbonyl (C=O) groups is 1. The normalized spacial score (nSPS) is 19.5. The number of H-pyrrole nitrogens is 1. The van der Waals surface area contributed by atoms with Gasteiger partial charge in [-0.3, -0.25) is 9.50 Å². The van der Waals surface area contributed by atoms with E-state index in [1.807, 2.05) is 33.0 Å². The molecule has 3 atom stereocenters. The van der Waals surface area contributed by atoms with Crippen LogP contribution in [0.15, 0.2) is 31.0 Å². The second kappa shape index (κ2) is 9.29. The summed E-state index contributed by atoms with van der Waals surface area (Å²) in [6.07, 6.45) is 4.83. The van der Waals surface area contributed by atoms with E-state index in [9.17, 15) is 10.1 Å². The summed E-state index contributed by atoms with van der Waals surface area (Å²) in [6.45, 7) is 5.49. The van der Waals surface area contributed by atoms with Crippen molar-refractivity contribution in [3.8, 4) is 11.8 Å². The van der Waals surface area contributed by atoms with Crippen molar-refractivity contribution in [3.05, 3.63) is 48.1 Å². The molecule has 1 saturated carbocycles. The zero-order valence-electron chi connectivity index (χ0n) is 19.9. The smallest absolute Gasteiger partial charge is 0.407 e. The van der Waals surface area contributed by atoms with Crippen LogP contribution in [0.4, 0.5) is 21.0 Å². The third kappa shape index (κ3) is 4.45. The Morgan fingerprint density at radius 2 is 2.17 bits per heavy atom. The number of rotatable bonds is 6. The third-order valence-electron chi connectivity index (χ3n) is 5.98. The average Bonchev–Trinajstić information content (AvgIpc) is 3.62. The Bertz CT molecular complexity index is 1450. The van der Waals surface area contributed by atoms with E-state index in [2.05, 4.69) is 35.8 Å². The summed E-state index contributed by atoms with van der Waals surface area (Å²) < 4.78 is 23.8. The summed E-state index contributed by atoms with van der Waals surface area (Å²) >= 11 is 0. The molecule has 0 bridgehead atoms. The number of nitrogens with one attached hydrogen (secondary N) is 3. The van der Waals surface area contributed by atoms with Gasteiger partial charge in [-0.15, -0.1) is 0 Å². The van der Waals surface area contributed by atoms with Crippen molar-refractivity contribution in [2.45, 2.75) is 57.8 Å². The van der Waals surface area contributed by atoms with E-state index in [1.54, 1.807) is 33.8 Å². The molecule has 5 rings (SSSR count). The zero-order valence-corrected chi connectivity index (χ0v) is 19.9. The van der Waals surface area contributed by atoms with Crippen LogP contribution in [-0.4, -0.2) is 58.5 Å². The van der Waals surface area contributed by atoms with Gasteiger partial charge in [0.15, 0.2) is 17.2 Å². The van der Waals surface area contributed by atoms with Crippen LogP contribution in [0, 0.1) is 18.3 Å². The van der Waals surface area contributed by atoms with Crippen molar-refractivity contribution < 1.29 is 13.9 Å². The van der Waals surface area contributed by atoms with Gasteiger partial charge in [0.05, 0.1) is 24.4 Å². The first kappa shape index (κ1) is 23.3. The average molecular weight is 493 g/mol. The van der Waals surface area contributed by atoms with Crippen LogP contribution < -0.4 is 10.6 Å². The molecule has 1 amide bonds. The number of hydrogen-bond acceptors (Lipinski definition) is 8. The van der Waals surface area contributed by atoms with Crippen LogP contribution in [0.25, 0.3) is 11.3 Å². The lowest BCUT2D eigenvalue weighted by Crippen LogP contribution is -2.36. The fourth-order valence-electron chi connectivity index (χ4n) is 4.33. The summed E-state index contributed by atoms with van der Waals surface area (Å²) in [5.74, 6) is 0.321. The molecule has 0 aliphatic heterocycles. The van der Waals surface area contributed by atoms with Crippen molar-refractivity contribution in [2.75, 3.05) is 5.32 Å². The molecule has 1 fully saturated rings. The maximum atomic E-state index is 15.1. The van der Waals surface area contributed by atoms with Crippen LogP contribution in [-0.2, 0) is 4.74 Å². The van der Waals surface area contributed by atoms with Gasteiger partial charge in [0, 0.05) is 29.9 Å². The molecule has 186 valence electrons. The van der Waals surface area contributed by atoms with Gasteiger partial charge in [-0.2, -0.15) is 10.4 Å². The van der Waals surface area contributed by atoms with Crippen molar-refractivity contribution in [1.82, 2.24) is 39.4 Å². The number of carbonyl (C=O) groups excluding carboxylic acids is 1. The van der Waals surface area contributed by atoms with Gasteiger partial charge in [-0.25, -0.2) is 24.1 Å². The van der Waals surface area contributed by atoms with E-state index in [-0.39, 0.29) is 11.7 Å². The van der Waals surface area contributed by atoms with E-state index in [4.69, 9.17) is 4.74 Å². The largest absolute Gasteiger partial charge is 0.443 e. The summed E-state index contributed by atoms with van der Waals surface area (Å²) in [4.78, 5) is 25.0. The SMILES string of the molecule is Cc1cn(-c2cnc(Nc3cc([C@@H]4CC[C@H](OC(=O)NC(C)C)[C@H]4F)[nH]n3)n3cc(C#N)nc23)cn1. The molecule has 36 heavy (non-hydrogen) atoms. The molecule has 13 heteroatoms. The van der Waals surface area contributed by atoms with E-state index >= 15 is 4.39 Å². The Labute approximate surface area is 205 Å². The second-order valence-corrected chi connectivity index (χ2v) is 9.03. The van der Waals surface area contributed by atoms with E-state index in [0.29, 0.717) is 41.6 Å². The number of amides is 1. The van der Waals surface area contributed by atoms with Crippen molar-refractivity contribution in [3.63, 3.8) is 0 Å². The lowest BCUT2D eigenvalue weighted by atomic mass is 10.0. The highest BCUT2D eigenvalue weighted by Crippen LogP contribution is 2.38. The number of ether oxygens (including phenoxy) is 1. The molecular formula is C23H25FN10O2. The molecule has 0 radical (unpaired) electrons. The molecular weight excluding hydrogens is 467 g/mol. The summed E-state index contributed by atoms with van der Waals surface area (Å²) in [5.41, 5.74) is 2.81. The number of alkyl carbamates (subject to hydrolysis) is 1. The van der Waals surface area contributed by atoms with E-state index in [1.165, 1.54) is 0 Å². The number of aromatic nitrogens is 7. The Morgan fingerprint density at radius 1 is 1.33 bits per heavy atom. The minimum atomic E-state index is -1.36. The summed E-state index contributed by atoms with van der Waals surface area (Å²) in [5, 5.41) is 22.2. The zero-order chi connectivity index (χ0) is 25.4. The molecule has 0 spiro atoms. The molecule has 4 heterocycles. The van der Waals surface area contributed by atoms with Gasteiger partial charge in [-0.05, 0) is 33.6 Å². The predicted octanol–water partition coefficient (Wildman–Crippen LogP) is 3.28. The minimum absolute atomic E-state index is 0.0908. The van der Waals surface area contributed by atoms with Crippen LogP contribution >= 0.6 is 0 Å². The number of aromatic amines is 1. The van der Waals surface area contributed by atoms with Gasteiger partial charge in [0.25, 0.3) is 0 Å². The number of alkyl halides is 1. The number of nitriles is 1. The number of fused-ring (bicyclic) bond motifs is 1. The molecule has 0 aromatic carbocycles. The standard InChI is InChI=1S/C23H25FN10O2/c1-12(2)28-23(35)36-18-5-4-15(20(18)24)16-6-19(32-31-16)30-22-26-8-17(33-9-13(3)27-11-33)21-29-14(7-25)10-34(21)22/h6,8-12,15,18,20H,4-5H2,1-3H3,(H,28,35)(H2,26,30,31,32)/t15-,18-,20-/m0/s1. The Morgan fingerprint density at radius 3 is 2.89 bits per heavy atom. The molecule has 4 aromatic rings. The summed E-state index contributed by atoms with van der Waals surface area (Å²) in [6, 6.07) is 3.66. The Kier molecular flexibility index (Phi) is 6.01. The number of imidazole rings is 2. The van der Waals surface area contributed by atoms with E-state index in [0.717, 1.165) is 5.69 Å². The number of nitrogens with zero attached hydrogens (tertiary/aromatic N) is 7. The first-order valence-electron chi connectivity index (χ1n) is 11.5. The first-order chi connectivity index (χ1) is 17.3. The van der Waals surface area contributed by atoms with E-state index < -0.39 is 24.3 Å².